The van der Waals surface area contributed by atoms with Crippen molar-refractivity contribution in [1.82, 2.24) is 14.8 Å². The van der Waals surface area contributed by atoms with E-state index in [2.05, 4.69) is 47.5 Å². The number of aromatic nitrogens is 3. The van der Waals surface area contributed by atoms with Crippen molar-refractivity contribution in [3.63, 3.8) is 0 Å². The summed E-state index contributed by atoms with van der Waals surface area (Å²) in [5, 5.41) is 14.6. The molecule has 6 rings (SSSR count). The van der Waals surface area contributed by atoms with E-state index >= 15 is 0 Å². The monoisotopic (exact) mass is 493 g/mol. The first-order chi connectivity index (χ1) is 18.7. The SMILES string of the molecule is N#Cc1c(-c2ccco2)cc(-c2cnn(C(c3ccccc3)(c3ccccc3)c3ccccc3)c2)nc1N. The fraction of sp³-hybridized carbons (Fsp3) is 0.0312. The maximum Gasteiger partial charge on any atom is 0.142 e. The minimum atomic E-state index is -0.746. The largest absolute Gasteiger partial charge is 0.464 e. The summed E-state index contributed by atoms with van der Waals surface area (Å²) in [7, 11) is 0. The highest BCUT2D eigenvalue weighted by atomic mass is 16.3. The van der Waals surface area contributed by atoms with Gasteiger partial charge in [0.2, 0.25) is 0 Å². The molecule has 3 aromatic carbocycles. The van der Waals surface area contributed by atoms with Gasteiger partial charge in [-0.1, -0.05) is 91.0 Å². The topological polar surface area (TPSA) is 93.7 Å². The molecule has 3 heterocycles. The van der Waals surface area contributed by atoms with Crippen LogP contribution in [0.1, 0.15) is 22.3 Å². The van der Waals surface area contributed by atoms with Crippen LogP contribution in [0.5, 0.6) is 0 Å². The number of nitrogens with two attached hydrogens (primary N) is 1. The van der Waals surface area contributed by atoms with Crippen LogP contribution < -0.4 is 5.73 Å². The van der Waals surface area contributed by atoms with Crippen molar-refractivity contribution in [1.29, 1.82) is 5.26 Å². The highest BCUT2D eigenvalue weighted by molar-refractivity contribution is 5.77. The Labute approximate surface area is 220 Å². The lowest BCUT2D eigenvalue weighted by molar-refractivity contribution is 0.460. The Kier molecular flexibility index (Phi) is 5.79. The molecule has 0 saturated heterocycles. The van der Waals surface area contributed by atoms with E-state index in [-0.39, 0.29) is 11.4 Å². The van der Waals surface area contributed by atoms with E-state index in [1.165, 1.54) is 0 Å². The van der Waals surface area contributed by atoms with E-state index in [1.54, 1.807) is 24.6 Å². The molecule has 182 valence electrons. The van der Waals surface area contributed by atoms with Crippen LogP contribution in [0, 0.1) is 11.3 Å². The molecule has 6 heteroatoms. The van der Waals surface area contributed by atoms with Gasteiger partial charge in [-0.2, -0.15) is 10.4 Å². The van der Waals surface area contributed by atoms with Gasteiger partial charge in [-0.25, -0.2) is 4.98 Å². The van der Waals surface area contributed by atoms with Crippen LogP contribution in [0.3, 0.4) is 0 Å². The Morgan fingerprint density at radius 1 is 0.789 bits per heavy atom. The highest BCUT2D eigenvalue weighted by Gasteiger charge is 2.39. The highest BCUT2D eigenvalue weighted by Crippen LogP contribution is 2.41. The number of hydrogen-bond acceptors (Lipinski definition) is 5. The zero-order valence-corrected chi connectivity index (χ0v) is 20.4. The number of nitriles is 1. The van der Waals surface area contributed by atoms with Crippen molar-refractivity contribution in [2.75, 3.05) is 5.73 Å². The smallest absolute Gasteiger partial charge is 0.142 e. The Morgan fingerprint density at radius 2 is 1.37 bits per heavy atom. The lowest BCUT2D eigenvalue weighted by Crippen LogP contribution is -2.38. The van der Waals surface area contributed by atoms with Crippen LogP contribution in [0.25, 0.3) is 22.6 Å². The van der Waals surface area contributed by atoms with Crippen LogP contribution in [0.2, 0.25) is 0 Å². The molecule has 0 amide bonds. The van der Waals surface area contributed by atoms with Gasteiger partial charge in [0.15, 0.2) is 0 Å². The van der Waals surface area contributed by atoms with E-state index in [1.807, 2.05) is 71.5 Å². The van der Waals surface area contributed by atoms with Crippen molar-refractivity contribution in [2.45, 2.75) is 5.54 Å². The lowest BCUT2D eigenvalue weighted by atomic mass is 9.77. The van der Waals surface area contributed by atoms with E-state index in [4.69, 9.17) is 15.2 Å². The number of furan rings is 1. The molecule has 2 N–H and O–H groups in total. The molecular weight excluding hydrogens is 470 g/mol. The van der Waals surface area contributed by atoms with Gasteiger partial charge in [-0.3, -0.25) is 4.68 Å². The van der Waals surface area contributed by atoms with E-state index < -0.39 is 5.54 Å². The predicted octanol–water partition coefficient (Wildman–Crippen LogP) is 6.50. The Bertz CT molecular complexity index is 1620. The second kappa shape index (κ2) is 9.57. The lowest BCUT2D eigenvalue weighted by Gasteiger charge is -2.36. The van der Waals surface area contributed by atoms with Crippen LogP contribution in [-0.4, -0.2) is 14.8 Å². The van der Waals surface area contributed by atoms with Gasteiger partial charge in [0.1, 0.15) is 28.7 Å². The molecule has 0 saturated carbocycles. The number of hydrogen-bond donors (Lipinski definition) is 1. The fourth-order valence-corrected chi connectivity index (χ4v) is 5.03. The molecule has 0 spiro atoms. The second-order valence-corrected chi connectivity index (χ2v) is 8.89. The summed E-state index contributed by atoms with van der Waals surface area (Å²) < 4.78 is 7.56. The molecule has 0 radical (unpaired) electrons. The molecule has 38 heavy (non-hydrogen) atoms. The molecule has 0 fully saturated rings. The number of nitrogens with zero attached hydrogens (tertiary/aromatic N) is 4. The summed E-state index contributed by atoms with van der Waals surface area (Å²) in [6.07, 6.45) is 5.33. The average Bonchev–Trinajstić information content (AvgIpc) is 3.69. The average molecular weight is 494 g/mol. The molecular formula is C32H23N5O. The van der Waals surface area contributed by atoms with Crippen molar-refractivity contribution in [3.8, 4) is 28.7 Å². The van der Waals surface area contributed by atoms with Crippen molar-refractivity contribution in [2.24, 2.45) is 0 Å². The first kappa shape index (κ1) is 23.0. The first-order valence-electron chi connectivity index (χ1n) is 12.2. The van der Waals surface area contributed by atoms with Gasteiger partial charge in [-0.05, 0) is 34.9 Å². The summed E-state index contributed by atoms with van der Waals surface area (Å²) in [6.45, 7) is 0. The Morgan fingerprint density at radius 3 is 1.87 bits per heavy atom. The predicted molar refractivity (Wildman–Crippen MR) is 147 cm³/mol. The van der Waals surface area contributed by atoms with Crippen LogP contribution in [0.15, 0.2) is 132 Å². The van der Waals surface area contributed by atoms with E-state index in [0.717, 1.165) is 22.3 Å². The molecule has 0 bridgehead atoms. The van der Waals surface area contributed by atoms with E-state index in [0.29, 0.717) is 17.0 Å². The van der Waals surface area contributed by atoms with Crippen LogP contribution >= 0.6 is 0 Å². The van der Waals surface area contributed by atoms with Crippen molar-refractivity contribution in [3.05, 3.63) is 150 Å². The molecule has 0 aliphatic rings. The third-order valence-corrected chi connectivity index (χ3v) is 6.74. The van der Waals surface area contributed by atoms with Gasteiger partial charge in [0, 0.05) is 17.3 Å². The molecule has 0 atom stereocenters. The number of benzene rings is 3. The summed E-state index contributed by atoms with van der Waals surface area (Å²) in [5.41, 5.74) is 10.9. The summed E-state index contributed by atoms with van der Waals surface area (Å²) >= 11 is 0. The standard InChI is InChI=1S/C32H23N5O/c33-20-28-27(30-17-10-18-38-30)19-29(36-31(28)34)23-21-35-37(22-23)32(24-11-4-1-5-12-24,25-13-6-2-7-14-25)26-15-8-3-9-16-26/h1-19,21-22H,(H2,34,36). The van der Waals surface area contributed by atoms with Gasteiger partial charge in [0.25, 0.3) is 0 Å². The molecule has 6 aromatic rings. The summed E-state index contributed by atoms with van der Waals surface area (Å²) in [6, 6.07) is 38.6. The number of nitrogen functional groups attached to an aromatic ring is 1. The maximum atomic E-state index is 9.72. The van der Waals surface area contributed by atoms with Crippen molar-refractivity contribution < 1.29 is 4.42 Å². The third kappa shape index (κ3) is 3.74. The normalized spacial score (nSPS) is 11.2. The molecule has 0 aliphatic carbocycles. The van der Waals surface area contributed by atoms with E-state index in [9.17, 15) is 5.26 Å². The van der Waals surface area contributed by atoms with Gasteiger partial charge >= 0.3 is 0 Å². The zero-order chi connectivity index (χ0) is 26.0. The second-order valence-electron chi connectivity index (χ2n) is 8.89. The Balaban J connectivity index is 1.60. The fourth-order valence-electron chi connectivity index (χ4n) is 5.03. The summed E-state index contributed by atoms with van der Waals surface area (Å²) in [5.74, 6) is 0.695. The Hall–Kier alpha value is -5.41. The summed E-state index contributed by atoms with van der Waals surface area (Å²) in [4.78, 5) is 4.56. The third-order valence-electron chi connectivity index (χ3n) is 6.74. The molecule has 0 unspecified atom stereocenters. The van der Waals surface area contributed by atoms with Gasteiger partial charge < -0.3 is 10.2 Å². The van der Waals surface area contributed by atoms with Crippen LogP contribution in [-0.2, 0) is 5.54 Å². The van der Waals surface area contributed by atoms with Gasteiger partial charge in [-0.15, -0.1) is 0 Å². The molecule has 6 nitrogen and oxygen atoms in total. The maximum absolute atomic E-state index is 9.72. The van der Waals surface area contributed by atoms with Crippen molar-refractivity contribution >= 4 is 5.82 Å². The molecule has 3 aromatic heterocycles. The number of rotatable bonds is 6. The quantitative estimate of drug-likeness (QED) is 0.267. The van der Waals surface area contributed by atoms with Gasteiger partial charge in [0.05, 0.1) is 18.2 Å². The zero-order valence-electron chi connectivity index (χ0n) is 20.4. The molecule has 0 aliphatic heterocycles. The van der Waals surface area contributed by atoms with Crippen LogP contribution in [0.4, 0.5) is 5.82 Å². The minimum absolute atomic E-state index is 0.143. The first-order valence-corrected chi connectivity index (χ1v) is 12.2. The number of pyridine rings is 1. The minimum Gasteiger partial charge on any atom is -0.464 e. The number of anilines is 1.